The number of nitrogens with zero attached hydrogens (tertiary/aromatic N) is 1. The van der Waals surface area contributed by atoms with Gasteiger partial charge in [-0.25, -0.2) is 4.98 Å². The third kappa shape index (κ3) is 2.66. The van der Waals surface area contributed by atoms with E-state index in [2.05, 4.69) is 43.1 Å². The van der Waals surface area contributed by atoms with Crippen LogP contribution in [0.1, 0.15) is 60.2 Å². The Morgan fingerprint density at radius 1 is 1.32 bits per heavy atom. The summed E-state index contributed by atoms with van der Waals surface area (Å²) in [5, 5.41) is 0.721. The summed E-state index contributed by atoms with van der Waals surface area (Å²) in [7, 11) is 0. The second kappa shape index (κ2) is 4.97. The van der Waals surface area contributed by atoms with Crippen molar-refractivity contribution in [2.75, 3.05) is 5.73 Å². The van der Waals surface area contributed by atoms with Gasteiger partial charge in [-0.15, -0.1) is 11.3 Å². The van der Waals surface area contributed by atoms with Crippen molar-refractivity contribution < 1.29 is 0 Å². The van der Waals surface area contributed by atoms with Gasteiger partial charge in [0, 0.05) is 17.2 Å². The van der Waals surface area contributed by atoms with Crippen molar-refractivity contribution in [3.8, 4) is 0 Å². The molecule has 0 atom stereocenters. The minimum Gasteiger partial charge on any atom is -0.375 e. The molecule has 1 aliphatic rings. The molecule has 0 aliphatic heterocycles. The Kier molecular flexibility index (Phi) is 3.31. The van der Waals surface area contributed by atoms with Crippen LogP contribution in [-0.4, -0.2) is 4.98 Å². The van der Waals surface area contributed by atoms with Crippen molar-refractivity contribution in [3.05, 3.63) is 46.0 Å². The fourth-order valence-corrected chi connectivity index (χ4v) is 3.56. The molecule has 0 amide bonds. The lowest BCUT2D eigenvalue weighted by molar-refractivity contribution is 0.847. The summed E-state index contributed by atoms with van der Waals surface area (Å²) >= 11 is 1.66. The number of nitrogens with two attached hydrogens (primary N) is 1. The second-order valence-electron chi connectivity index (χ2n) is 5.67. The number of hydrogen-bond donors (Lipinski definition) is 1. The average molecular weight is 272 g/mol. The summed E-state index contributed by atoms with van der Waals surface area (Å²) in [4.78, 5) is 5.91. The molecule has 1 saturated carbocycles. The molecule has 1 fully saturated rings. The summed E-state index contributed by atoms with van der Waals surface area (Å²) in [5.41, 5.74) is 10.0. The summed E-state index contributed by atoms with van der Waals surface area (Å²) < 4.78 is 0. The highest BCUT2D eigenvalue weighted by atomic mass is 32.1. The summed E-state index contributed by atoms with van der Waals surface area (Å²) in [6.07, 6.45) is 3.54. The molecular weight excluding hydrogens is 252 g/mol. The number of aromatic nitrogens is 1. The quantitative estimate of drug-likeness (QED) is 0.900. The molecule has 0 spiro atoms. The summed E-state index contributed by atoms with van der Waals surface area (Å²) in [6.45, 7) is 4.50. The predicted molar refractivity (Wildman–Crippen MR) is 81.8 cm³/mol. The molecule has 0 saturated heterocycles. The standard InChI is InChI=1S/C16H20N2S/c1-10(2)13-6-4-3-5-12(13)9-14-15(11-7-8-11)18-16(17)19-14/h3-6,10-11H,7-9H2,1-2H3,(H2,17,18). The van der Waals surface area contributed by atoms with Crippen LogP contribution in [0.3, 0.4) is 0 Å². The molecule has 1 aliphatic carbocycles. The van der Waals surface area contributed by atoms with Gasteiger partial charge in [-0.1, -0.05) is 38.1 Å². The largest absolute Gasteiger partial charge is 0.375 e. The molecule has 0 bridgehead atoms. The third-order valence-corrected chi connectivity index (χ3v) is 4.64. The highest BCUT2D eigenvalue weighted by Crippen LogP contribution is 2.44. The lowest BCUT2D eigenvalue weighted by Crippen LogP contribution is -1.98. The van der Waals surface area contributed by atoms with Crippen LogP contribution in [0.25, 0.3) is 0 Å². The van der Waals surface area contributed by atoms with Gasteiger partial charge in [0.15, 0.2) is 5.13 Å². The van der Waals surface area contributed by atoms with Gasteiger partial charge in [-0.3, -0.25) is 0 Å². The first-order valence-electron chi connectivity index (χ1n) is 6.98. The Morgan fingerprint density at radius 3 is 2.74 bits per heavy atom. The van der Waals surface area contributed by atoms with E-state index in [1.165, 1.54) is 34.5 Å². The predicted octanol–water partition coefficient (Wildman–Crippen LogP) is 4.32. The number of thiazole rings is 1. The van der Waals surface area contributed by atoms with Crippen LogP contribution in [0.2, 0.25) is 0 Å². The van der Waals surface area contributed by atoms with Gasteiger partial charge in [-0.2, -0.15) is 0 Å². The highest BCUT2D eigenvalue weighted by molar-refractivity contribution is 7.15. The molecule has 3 heteroatoms. The van der Waals surface area contributed by atoms with Gasteiger partial charge < -0.3 is 5.73 Å². The van der Waals surface area contributed by atoms with Crippen LogP contribution in [0.4, 0.5) is 5.13 Å². The van der Waals surface area contributed by atoms with E-state index < -0.39 is 0 Å². The van der Waals surface area contributed by atoms with Crippen molar-refractivity contribution in [1.82, 2.24) is 4.98 Å². The van der Waals surface area contributed by atoms with Gasteiger partial charge in [0.2, 0.25) is 0 Å². The van der Waals surface area contributed by atoms with E-state index >= 15 is 0 Å². The molecule has 2 aromatic rings. The SMILES string of the molecule is CC(C)c1ccccc1Cc1sc(N)nc1C1CC1. The van der Waals surface area contributed by atoms with Gasteiger partial charge in [0.1, 0.15) is 0 Å². The van der Waals surface area contributed by atoms with Gasteiger partial charge in [0.05, 0.1) is 5.69 Å². The van der Waals surface area contributed by atoms with Gasteiger partial charge in [0.25, 0.3) is 0 Å². The first-order valence-corrected chi connectivity index (χ1v) is 7.79. The summed E-state index contributed by atoms with van der Waals surface area (Å²) in [5.74, 6) is 1.24. The maximum absolute atomic E-state index is 5.90. The van der Waals surface area contributed by atoms with Crippen molar-refractivity contribution in [1.29, 1.82) is 0 Å². The van der Waals surface area contributed by atoms with Crippen molar-refractivity contribution in [3.63, 3.8) is 0 Å². The average Bonchev–Trinajstić information content (AvgIpc) is 3.15. The molecule has 2 N–H and O–H groups in total. The molecule has 2 nitrogen and oxygen atoms in total. The van der Waals surface area contributed by atoms with Crippen LogP contribution in [-0.2, 0) is 6.42 Å². The fraction of sp³-hybridized carbons (Fsp3) is 0.438. The van der Waals surface area contributed by atoms with Crippen LogP contribution >= 0.6 is 11.3 Å². The van der Waals surface area contributed by atoms with E-state index in [0.717, 1.165) is 11.6 Å². The van der Waals surface area contributed by atoms with Crippen LogP contribution in [0.15, 0.2) is 24.3 Å². The number of benzene rings is 1. The monoisotopic (exact) mass is 272 g/mol. The number of anilines is 1. The fourth-order valence-electron chi connectivity index (χ4n) is 2.62. The van der Waals surface area contributed by atoms with E-state index in [1.54, 1.807) is 11.3 Å². The molecule has 1 aromatic carbocycles. The van der Waals surface area contributed by atoms with E-state index in [1.807, 2.05) is 0 Å². The van der Waals surface area contributed by atoms with E-state index in [9.17, 15) is 0 Å². The molecular formula is C16H20N2S. The van der Waals surface area contributed by atoms with E-state index in [-0.39, 0.29) is 0 Å². The van der Waals surface area contributed by atoms with Crippen LogP contribution in [0, 0.1) is 0 Å². The Labute approximate surface area is 118 Å². The van der Waals surface area contributed by atoms with Gasteiger partial charge in [-0.05, 0) is 29.9 Å². The Bertz CT molecular complexity index is 582. The third-order valence-electron chi connectivity index (χ3n) is 3.74. The zero-order valence-electron chi connectivity index (χ0n) is 11.5. The Balaban J connectivity index is 1.93. The van der Waals surface area contributed by atoms with Crippen molar-refractivity contribution >= 4 is 16.5 Å². The first-order chi connectivity index (χ1) is 9.15. The first kappa shape index (κ1) is 12.7. The summed E-state index contributed by atoms with van der Waals surface area (Å²) in [6, 6.07) is 8.73. The number of rotatable bonds is 4. The maximum Gasteiger partial charge on any atom is 0.180 e. The lowest BCUT2D eigenvalue weighted by Gasteiger charge is -2.12. The minimum atomic E-state index is 0.561. The number of hydrogen-bond acceptors (Lipinski definition) is 3. The molecule has 19 heavy (non-hydrogen) atoms. The molecule has 0 unspecified atom stereocenters. The zero-order valence-corrected chi connectivity index (χ0v) is 12.3. The van der Waals surface area contributed by atoms with Crippen molar-refractivity contribution in [2.45, 2.75) is 44.9 Å². The number of nitrogen functional groups attached to an aromatic ring is 1. The van der Waals surface area contributed by atoms with Crippen LogP contribution in [0.5, 0.6) is 0 Å². The van der Waals surface area contributed by atoms with E-state index in [0.29, 0.717) is 11.8 Å². The maximum atomic E-state index is 5.90. The molecule has 3 rings (SSSR count). The van der Waals surface area contributed by atoms with Gasteiger partial charge >= 0.3 is 0 Å². The lowest BCUT2D eigenvalue weighted by atomic mass is 9.94. The second-order valence-corrected chi connectivity index (χ2v) is 6.78. The molecule has 0 radical (unpaired) electrons. The highest BCUT2D eigenvalue weighted by Gasteiger charge is 2.29. The normalized spacial score (nSPS) is 15.1. The topological polar surface area (TPSA) is 38.9 Å². The van der Waals surface area contributed by atoms with Crippen molar-refractivity contribution in [2.24, 2.45) is 0 Å². The molecule has 1 aromatic heterocycles. The van der Waals surface area contributed by atoms with Crippen LogP contribution < -0.4 is 5.73 Å². The Morgan fingerprint density at radius 2 is 2.05 bits per heavy atom. The van der Waals surface area contributed by atoms with E-state index in [4.69, 9.17) is 5.73 Å². The Hall–Kier alpha value is -1.35. The minimum absolute atomic E-state index is 0.561. The molecule has 100 valence electrons. The zero-order chi connectivity index (χ0) is 13.4. The molecule has 1 heterocycles. The smallest absolute Gasteiger partial charge is 0.180 e.